The summed E-state index contributed by atoms with van der Waals surface area (Å²) in [6, 6.07) is 20.7. The molecule has 200 valence electrons. The molecule has 5 aromatic rings. The van der Waals surface area contributed by atoms with Crippen LogP contribution in [0.2, 0.25) is 0 Å². The summed E-state index contributed by atoms with van der Waals surface area (Å²) >= 11 is 12.5. The van der Waals surface area contributed by atoms with E-state index in [2.05, 4.69) is 94.8 Å². The van der Waals surface area contributed by atoms with Gasteiger partial charge in [-0.2, -0.15) is 0 Å². The molecule has 10 heteroatoms. The van der Waals surface area contributed by atoms with E-state index < -0.39 is 0 Å². The number of nitrogens with two attached hydrogens (primary N) is 3. The predicted octanol–water partition coefficient (Wildman–Crippen LogP) is 8.42. The number of thiophene rings is 2. The lowest BCUT2D eigenvalue weighted by atomic mass is 10.1. The molecule has 0 spiro atoms. The molecule has 6 N–H and O–H groups in total. The summed E-state index contributed by atoms with van der Waals surface area (Å²) in [6.07, 6.45) is 0. The summed E-state index contributed by atoms with van der Waals surface area (Å²) in [6.45, 7) is 8.46. The van der Waals surface area contributed by atoms with Gasteiger partial charge in [0.05, 0.1) is 20.3 Å². The molecule has 3 aromatic heterocycles. The Labute approximate surface area is 249 Å². The van der Waals surface area contributed by atoms with Gasteiger partial charge in [0.2, 0.25) is 0 Å². The van der Waals surface area contributed by atoms with Gasteiger partial charge in [0.1, 0.15) is 0 Å². The number of Topliss-reactive ketones (excluding diaryl/α,β-unsaturated/α-hetero) is 1. The zero-order valence-corrected chi connectivity index (χ0v) is 26.5. The van der Waals surface area contributed by atoms with Gasteiger partial charge in [-0.3, -0.25) is 4.79 Å². The van der Waals surface area contributed by atoms with E-state index in [1.807, 2.05) is 38.1 Å². The van der Waals surface area contributed by atoms with Crippen molar-refractivity contribution in [2.24, 2.45) is 17.4 Å². The number of anilines is 1. The lowest BCUT2D eigenvalue weighted by Gasteiger charge is -2.10. The molecule has 5 rings (SSSR count). The van der Waals surface area contributed by atoms with Crippen LogP contribution in [0.5, 0.6) is 0 Å². The molecule has 0 saturated carbocycles. The molecule has 1 atom stereocenters. The van der Waals surface area contributed by atoms with Crippen LogP contribution in [-0.2, 0) is 0 Å². The van der Waals surface area contributed by atoms with Crippen molar-refractivity contribution in [2.75, 3.05) is 5.73 Å². The van der Waals surface area contributed by atoms with Crippen molar-refractivity contribution in [3.05, 3.63) is 70.4 Å². The fourth-order valence-electron chi connectivity index (χ4n) is 3.56. The van der Waals surface area contributed by atoms with E-state index in [-0.39, 0.29) is 15.7 Å². The molecular weight excluding hydrogens is 617 g/mol. The second kappa shape index (κ2) is 13.6. The van der Waals surface area contributed by atoms with Crippen LogP contribution in [0.4, 0.5) is 5.13 Å². The third-order valence-electron chi connectivity index (χ3n) is 5.36. The van der Waals surface area contributed by atoms with E-state index in [1.54, 1.807) is 34.0 Å². The van der Waals surface area contributed by atoms with Crippen molar-refractivity contribution in [3.8, 4) is 10.6 Å². The summed E-state index contributed by atoms with van der Waals surface area (Å²) in [4.78, 5) is 19.9. The van der Waals surface area contributed by atoms with E-state index >= 15 is 0 Å². The van der Waals surface area contributed by atoms with Crippen LogP contribution in [-0.4, -0.2) is 20.7 Å². The number of aromatic nitrogens is 1. The number of nitrogens with zero attached hydrogens (tertiary/aromatic N) is 1. The molecule has 38 heavy (non-hydrogen) atoms. The van der Waals surface area contributed by atoms with Gasteiger partial charge in [-0.1, -0.05) is 80.0 Å². The monoisotopic (exact) mass is 646 g/mol. The molecule has 0 aliphatic carbocycles. The van der Waals surface area contributed by atoms with Gasteiger partial charge in [0.15, 0.2) is 16.0 Å². The van der Waals surface area contributed by atoms with Crippen LogP contribution in [0.3, 0.4) is 0 Å². The number of nitrogen functional groups attached to an aromatic ring is 1. The molecule has 2 aromatic carbocycles. The summed E-state index contributed by atoms with van der Waals surface area (Å²) in [7, 11) is 0. The van der Waals surface area contributed by atoms with Gasteiger partial charge in [0.25, 0.3) is 0 Å². The number of ketones is 1. The number of hydrogen-bond donors (Lipinski definition) is 3. The van der Waals surface area contributed by atoms with E-state index in [9.17, 15) is 4.79 Å². The second-order valence-electron chi connectivity index (χ2n) is 9.13. The Bertz CT molecular complexity index is 1470. The maximum atomic E-state index is 12.1. The van der Waals surface area contributed by atoms with Crippen LogP contribution in [0.1, 0.15) is 48.2 Å². The van der Waals surface area contributed by atoms with Crippen LogP contribution >= 0.6 is 62.2 Å². The Balaban J connectivity index is 0.000000186. The third-order valence-corrected chi connectivity index (χ3v) is 10.3. The first-order valence-corrected chi connectivity index (χ1v) is 15.7. The number of carbonyl (C=O) groups excluding carboxylic acids is 1. The lowest BCUT2D eigenvalue weighted by Crippen LogP contribution is -2.18. The molecule has 0 aliphatic heterocycles. The number of rotatable bonds is 5. The average Bonchev–Trinajstić information content (AvgIpc) is 3.58. The molecule has 3 heterocycles. The summed E-state index contributed by atoms with van der Waals surface area (Å²) in [5.41, 5.74) is 16.2. The molecule has 0 aliphatic rings. The van der Waals surface area contributed by atoms with Crippen molar-refractivity contribution in [2.45, 2.75) is 38.4 Å². The highest BCUT2D eigenvalue weighted by atomic mass is 79.9. The fourth-order valence-corrected chi connectivity index (χ4v) is 6.98. The molecule has 1 unspecified atom stereocenters. The van der Waals surface area contributed by atoms with E-state index in [1.165, 1.54) is 24.5 Å². The van der Waals surface area contributed by atoms with Gasteiger partial charge in [-0.25, -0.2) is 4.98 Å². The largest absolute Gasteiger partial charge is 0.377 e. The van der Waals surface area contributed by atoms with Crippen LogP contribution in [0.25, 0.3) is 30.7 Å². The first kappa shape index (κ1) is 30.2. The zero-order valence-electron chi connectivity index (χ0n) is 21.6. The topological polar surface area (TPSA) is 108 Å². The smallest absolute Gasteiger partial charge is 0.186 e. The molecule has 0 bridgehead atoms. The van der Waals surface area contributed by atoms with Crippen LogP contribution in [0.15, 0.2) is 60.7 Å². The van der Waals surface area contributed by atoms with Gasteiger partial charge >= 0.3 is 0 Å². The van der Waals surface area contributed by atoms with Gasteiger partial charge in [-0.05, 0) is 59.1 Å². The number of thiazole rings is 1. The summed E-state index contributed by atoms with van der Waals surface area (Å²) < 4.78 is 2.48. The molecule has 0 amide bonds. The fraction of sp³-hybridized carbons (Fsp3) is 0.250. The third kappa shape index (κ3) is 7.83. The highest BCUT2D eigenvalue weighted by Crippen LogP contribution is 2.40. The van der Waals surface area contributed by atoms with Crippen molar-refractivity contribution in [1.82, 2.24) is 4.98 Å². The number of alkyl halides is 1. The second-order valence-corrected chi connectivity index (χ2v) is 13.8. The minimum absolute atomic E-state index is 0.000000000000000222. The molecule has 0 radical (unpaired) electrons. The minimum atomic E-state index is -0.0828. The van der Waals surface area contributed by atoms with Gasteiger partial charge < -0.3 is 17.2 Å². The molecule has 0 fully saturated rings. The van der Waals surface area contributed by atoms with Gasteiger partial charge in [0, 0.05) is 14.3 Å². The normalized spacial score (nSPS) is 11.7. The van der Waals surface area contributed by atoms with Crippen LogP contribution < -0.4 is 17.2 Å². The predicted molar refractivity (Wildman–Crippen MR) is 176 cm³/mol. The standard InChI is InChI=1S/C14H14N2S2.C13H13BrOS.CH4N2S/c1-8(2)13-12(16-14(15)18-13)11-7-9-5-3-4-6-10(9)17-11;1-8(2)12(14)13(15)11-7-9-5-3-4-6-10(9)16-11;2-1(3)4/h3-8H,1-2H3,(H2,15,16);3-8,12H,1-2H3;(H4,2,3,4). The highest BCUT2D eigenvalue weighted by molar-refractivity contribution is 9.10. The Morgan fingerprint density at radius 3 is 1.92 bits per heavy atom. The van der Waals surface area contributed by atoms with Crippen molar-refractivity contribution < 1.29 is 4.79 Å². The van der Waals surface area contributed by atoms with Crippen molar-refractivity contribution >= 4 is 98.4 Å². The lowest BCUT2D eigenvalue weighted by molar-refractivity contribution is 0.0982. The van der Waals surface area contributed by atoms with Crippen molar-refractivity contribution in [1.29, 1.82) is 0 Å². The average molecular weight is 648 g/mol. The van der Waals surface area contributed by atoms with E-state index in [0.717, 1.165) is 16.0 Å². The number of halogens is 1. The van der Waals surface area contributed by atoms with E-state index in [0.29, 0.717) is 17.0 Å². The first-order valence-electron chi connectivity index (χ1n) is 11.9. The molecular formula is C28H31BrN4OS4. The zero-order chi connectivity index (χ0) is 28.0. The minimum Gasteiger partial charge on any atom is -0.377 e. The summed E-state index contributed by atoms with van der Waals surface area (Å²) in [5, 5.41) is 3.09. The number of benzene rings is 2. The number of hydrogen-bond acceptors (Lipinski definition) is 7. The maximum absolute atomic E-state index is 12.1. The Morgan fingerprint density at radius 2 is 1.42 bits per heavy atom. The highest BCUT2D eigenvalue weighted by Gasteiger charge is 2.22. The van der Waals surface area contributed by atoms with Gasteiger partial charge in [-0.15, -0.1) is 34.0 Å². The molecule has 0 saturated heterocycles. The quantitative estimate of drug-likeness (QED) is 0.100. The van der Waals surface area contributed by atoms with Crippen LogP contribution in [0, 0.1) is 5.92 Å². The number of fused-ring (bicyclic) bond motifs is 2. The van der Waals surface area contributed by atoms with E-state index in [4.69, 9.17) is 5.73 Å². The summed E-state index contributed by atoms with van der Waals surface area (Å²) in [5.74, 6) is 0.967. The Hall–Kier alpha value is -2.37. The number of thiocarbonyl (C=S) groups is 1. The first-order chi connectivity index (χ1) is 18.0. The number of carbonyl (C=O) groups is 1. The van der Waals surface area contributed by atoms with Crippen molar-refractivity contribution in [3.63, 3.8) is 0 Å². The Morgan fingerprint density at radius 1 is 0.895 bits per heavy atom. The maximum Gasteiger partial charge on any atom is 0.186 e. The SMILES string of the molecule is CC(C)C(Br)C(=O)c1cc2ccccc2s1.CC(C)c1sc(N)nc1-c1cc2ccccc2s1.NC(N)=S. The Kier molecular flexibility index (Phi) is 10.8. The molecule has 5 nitrogen and oxygen atoms in total.